The summed E-state index contributed by atoms with van der Waals surface area (Å²) in [5.41, 5.74) is 0.349. The van der Waals surface area contributed by atoms with Crippen LogP contribution in [0.15, 0.2) is 92.3 Å². The summed E-state index contributed by atoms with van der Waals surface area (Å²) in [5.74, 6) is 0.989. The van der Waals surface area contributed by atoms with Crippen LogP contribution in [-0.2, 0) is 5.54 Å². The Balaban J connectivity index is 1.65. The molecular formula is C25H18N20. The largest absolute Gasteiger partial charge is 0.304 e. The van der Waals surface area contributed by atoms with E-state index in [1.54, 1.807) is 95.0 Å². The average Bonchev–Trinajstić information content (AvgIpc) is 3.94. The van der Waals surface area contributed by atoms with Crippen molar-refractivity contribution >= 4 is 29.0 Å². The minimum atomic E-state index is -1.62. The van der Waals surface area contributed by atoms with E-state index >= 15 is 0 Å². The van der Waals surface area contributed by atoms with E-state index in [9.17, 15) is 0 Å². The fraction of sp³-hybridized carbons (Fsp3) is 0.0400. The molecule has 0 spiro atoms. The van der Waals surface area contributed by atoms with Crippen LogP contribution in [0.5, 0.6) is 0 Å². The van der Waals surface area contributed by atoms with Gasteiger partial charge in [-0.3, -0.25) is 9.97 Å². The average molecular weight is 599 g/mol. The molecule has 8 rings (SSSR count). The zero-order valence-corrected chi connectivity index (χ0v) is 22.8. The van der Waals surface area contributed by atoms with Gasteiger partial charge in [0.25, 0.3) is 0 Å². The molecule has 0 saturated heterocycles. The highest BCUT2D eigenvalue weighted by atomic mass is 15.9. The highest BCUT2D eigenvalue weighted by Crippen LogP contribution is 2.54. The second kappa shape index (κ2) is 10.6. The molecule has 0 bridgehead atoms. The zero-order valence-electron chi connectivity index (χ0n) is 22.8. The molecule has 0 aromatic carbocycles. The van der Waals surface area contributed by atoms with Crippen molar-refractivity contribution in [3.8, 4) is 0 Å². The van der Waals surface area contributed by atoms with Gasteiger partial charge in [0.15, 0.2) is 17.2 Å². The van der Waals surface area contributed by atoms with Crippen molar-refractivity contribution in [2.75, 3.05) is 15.1 Å². The van der Waals surface area contributed by atoms with Crippen molar-refractivity contribution in [1.82, 2.24) is 86.3 Å². The van der Waals surface area contributed by atoms with Crippen molar-refractivity contribution in [2.24, 2.45) is 0 Å². The molecule has 0 radical (unpaired) electrons. The number of hydrogen-bond acceptors (Lipinski definition) is 17. The summed E-state index contributed by atoms with van der Waals surface area (Å²) in [6.07, 6.45) is 14.1. The van der Waals surface area contributed by atoms with E-state index in [2.05, 4.69) is 66.4 Å². The van der Waals surface area contributed by atoms with Crippen LogP contribution in [0, 0.1) is 0 Å². The van der Waals surface area contributed by atoms with Gasteiger partial charge in [-0.2, -0.15) is 35.8 Å². The first-order valence-corrected chi connectivity index (χ1v) is 13.2. The van der Waals surface area contributed by atoms with E-state index in [1.807, 2.05) is 6.07 Å². The Kier molecular flexibility index (Phi) is 6.03. The summed E-state index contributed by atoms with van der Waals surface area (Å²) in [5, 5.41) is 47.6. The summed E-state index contributed by atoms with van der Waals surface area (Å²) in [7, 11) is 0. The van der Waals surface area contributed by atoms with Gasteiger partial charge in [-0.15, -0.1) is 15.3 Å². The third-order valence-electron chi connectivity index (χ3n) is 6.81. The molecule has 7 aromatic rings. The minimum absolute atomic E-state index is 0.0724. The predicted molar refractivity (Wildman–Crippen MR) is 152 cm³/mol. The number of anilines is 3. The molecule has 8 heterocycles. The monoisotopic (exact) mass is 598 g/mol. The molecular weight excluding hydrogens is 580 g/mol. The molecule has 3 N–H and O–H groups in total. The number of nitrogens with zero attached hydrogens (tertiary/aromatic N) is 17. The Hall–Kier alpha value is -7.12. The van der Waals surface area contributed by atoms with E-state index in [4.69, 9.17) is 19.9 Å². The summed E-state index contributed by atoms with van der Waals surface area (Å²) in [6, 6.07) is 10.7. The van der Waals surface area contributed by atoms with Crippen molar-refractivity contribution in [3.05, 3.63) is 115 Å². The first-order chi connectivity index (χ1) is 22.4. The molecule has 0 aliphatic carbocycles. The van der Waals surface area contributed by atoms with Gasteiger partial charge in [0.1, 0.15) is 23.4 Å². The third kappa shape index (κ3) is 4.00. The maximum absolute atomic E-state index is 4.81. The van der Waals surface area contributed by atoms with Gasteiger partial charge in [0.2, 0.25) is 5.95 Å². The number of hydrogen-bond donors (Lipinski definition) is 3. The standard InChI is InChI=1S/C25H18N20/c1-2-7-28-19(6-1)43-21(16-5-3-10-32-35-16)20(22-29-8-4-9-30-22)25(18-14-33-40-36-18,17-13-26-11-12-27-17)44(23-31-15-34-37-23)45(43)24-38-41-42-39-24/h1-15H,(H,31,34,37)(H,33,36,40)(H,38,39,41,42). The van der Waals surface area contributed by atoms with Crippen LogP contribution in [0.4, 0.5) is 17.7 Å². The molecule has 1 aliphatic rings. The molecule has 20 heteroatoms. The Morgan fingerprint density at radius 1 is 0.711 bits per heavy atom. The maximum atomic E-state index is 4.81. The first kappa shape index (κ1) is 25.6. The maximum Gasteiger partial charge on any atom is 0.304 e. The van der Waals surface area contributed by atoms with E-state index in [-0.39, 0.29) is 17.7 Å². The summed E-state index contributed by atoms with van der Waals surface area (Å²) < 4.78 is 0. The molecule has 1 aliphatic heterocycles. The van der Waals surface area contributed by atoms with Gasteiger partial charge < -0.3 is 0 Å². The van der Waals surface area contributed by atoms with E-state index in [0.717, 1.165) is 0 Å². The molecule has 1 unspecified atom stereocenters. The molecule has 218 valence electrons. The van der Waals surface area contributed by atoms with Gasteiger partial charge >= 0.3 is 5.95 Å². The number of aromatic amines is 3. The van der Waals surface area contributed by atoms with Crippen molar-refractivity contribution < 1.29 is 0 Å². The molecule has 1 atom stereocenters. The summed E-state index contributed by atoms with van der Waals surface area (Å²) in [6.45, 7) is 0. The molecule has 20 nitrogen and oxygen atoms in total. The smallest absolute Gasteiger partial charge is 0.261 e. The predicted octanol–water partition coefficient (Wildman–Crippen LogP) is 0.376. The second-order valence-electron chi connectivity index (χ2n) is 9.18. The minimum Gasteiger partial charge on any atom is -0.261 e. The van der Waals surface area contributed by atoms with Crippen LogP contribution in [0.25, 0.3) is 11.3 Å². The summed E-state index contributed by atoms with van der Waals surface area (Å²) >= 11 is 0. The quantitative estimate of drug-likeness (QED) is 0.225. The van der Waals surface area contributed by atoms with E-state index in [0.29, 0.717) is 34.2 Å². The fourth-order valence-corrected chi connectivity index (χ4v) is 5.20. The van der Waals surface area contributed by atoms with Gasteiger partial charge in [-0.1, -0.05) is 11.2 Å². The number of pyridine rings is 1. The fourth-order valence-electron chi connectivity index (χ4n) is 5.20. The highest BCUT2D eigenvalue weighted by molar-refractivity contribution is 6.04. The highest BCUT2D eigenvalue weighted by Gasteiger charge is 2.60. The van der Waals surface area contributed by atoms with E-state index in [1.165, 1.54) is 6.33 Å². The topological polar surface area (TPSA) is 238 Å². The zero-order chi connectivity index (χ0) is 30.1. The van der Waals surface area contributed by atoms with Crippen LogP contribution in [0.1, 0.15) is 22.9 Å². The van der Waals surface area contributed by atoms with Gasteiger partial charge in [-0.05, 0) is 35.5 Å². The van der Waals surface area contributed by atoms with Crippen LogP contribution < -0.4 is 15.1 Å². The molecule has 0 fully saturated rings. The lowest BCUT2D eigenvalue weighted by atomic mass is 9.79. The lowest BCUT2D eigenvalue weighted by Crippen LogP contribution is -2.68. The number of nitrogens with one attached hydrogen (secondary N) is 3. The Bertz CT molecular complexity index is 2000. The van der Waals surface area contributed by atoms with Crippen LogP contribution in [0.3, 0.4) is 0 Å². The lowest BCUT2D eigenvalue weighted by Gasteiger charge is -2.54. The van der Waals surface area contributed by atoms with Gasteiger partial charge in [0, 0.05) is 37.2 Å². The number of hydrazine groups is 2. The van der Waals surface area contributed by atoms with Crippen molar-refractivity contribution in [1.29, 1.82) is 0 Å². The second-order valence-corrected chi connectivity index (χ2v) is 9.18. The number of rotatable bonds is 7. The number of aromatic nitrogens is 17. The van der Waals surface area contributed by atoms with Crippen LogP contribution >= 0.6 is 0 Å². The first-order valence-electron chi connectivity index (χ1n) is 13.2. The number of H-pyrrole nitrogens is 3. The van der Waals surface area contributed by atoms with Crippen LogP contribution in [0.2, 0.25) is 0 Å². The van der Waals surface area contributed by atoms with Crippen molar-refractivity contribution in [3.63, 3.8) is 0 Å². The number of tetrazole rings is 1. The summed E-state index contributed by atoms with van der Waals surface area (Å²) in [4.78, 5) is 28.0. The van der Waals surface area contributed by atoms with Crippen molar-refractivity contribution in [2.45, 2.75) is 5.54 Å². The SMILES string of the molecule is c1ccc(N2C(c3cccnn3)=C(c3ncccn3)C(c3cnccn3)(c3cn[nH]n3)N(c3ncn[nH]3)N2c2nn[nH]n2)nc1. The molecule has 0 saturated carbocycles. The molecule has 7 aromatic heterocycles. The third-order valence-corrected chi connectivity index (χ3v) is 6.81. The molecule has 0 amide bonds. The van der Waals surface area contributed by atoms with Gasteiger partial charge in [-0.25, -0.2) is 30.1 Å². The Morgan fingerprint density at radius 3 is 2.33 bits per heavy atom. The Morgan fingerprint density at radius 2 is 1.64 bits per heavy atom. The lowest BCUT2D eigenvalue weighted by molar-refractivity contribution is 0.497. The Labute approximate surface area is 251 Å². The van der Waals surface area contributed by atoms with Gasteiger partial charge in [0.05, 0.1) is 23.7 Å². The normalized spacial score (nSPS) is 16.8. The molecule has 45 heavy (non-hydrogen) atoms. The van der Waals surface area contributed by atoms with Crippen LogP contribution in [-0.4, -0.2) is 86.3 Å². The van der Waals surface area contributed by atoms with E-state index < -0.39 is 5.54 Å².